The molecule has 2 nitrogen and oxygen atoms in total. The summed E-state index contributed by atoms with van der Waals surface area (Å²) in [4.78, 5) is 1.40. The van der Waals surface area contributed by atoms with Crippen LogP contribution in [0.1, 0.15) is 20.3 Å². The van der Waals surface area contributed by atoms with Gasteiger partial charge in [-0.05, 0) is 32.0 Å². The molecule has 0 spiro atoms. The number of halogens is 3. The zero-order valence-corrected chi connectivity index (χ0v) is 8.77. The van der Waals surface area contributed by atoms with Crippen molar-refractivity contribution in [3.8, 4) is 0 Å². The van der Waals surface area contributed by atoms with E-state index in [2.05, 4.69) is 0 Å². The van der Waals surface area contributed by atoms with Crippen LogP contribution in [0, 0.1) is 5.92 Å². The van der Waals surface area contributed by atoms with Crippen LogP contribution < -0.4 is 5.73 Å². The molecule has 0 aliphatic rings. The number of hydrogen-bond acceptors (Lipinski definition) is 2. The van der Waals surface area contributed by atoms with Gasteiger partial charge in [-0.2, -0.15) is 13.2 Å². The standard InChI is InChI=1S/C9H19F3N2/c1-3-14(7-9(10,11)12)5-4-8(2)6-13/h8H,3-7,13H2,1-2H3. The number of alkyl halides is 3. The Kier molecular flexibility index (Phi) is 6.11. The van der Waals surface area contributed by atoms with Crippen LogP contribution in [0.3, 0.4) is 0 Å². The van der Waals surface area contributed by atoms with Crippen LogP contribution in [-0.2, 0) is 0 Å². The van der Waals surface area contributed by atoms with Crippen molar-refractivity contribution in [2.24, 2.45) is 11.7 Å². The fourth-order valence-electron chi connectivity index (χ4n) is 1.12. The maximum atomic E-state index is 12.0. The zero-order chi connectivity index (χ0) is 11.2. The minimum atomic E-state index is -4.10. The van der Waals surface area contributed by atoms with Crippen LogP contribution >= 0.6 is 0 Å². The zero-order valence-electron chi connectivity index (χ0n) is 8.77. The summed E-state index contributed by atoms with van der Waals surface area (Å²) in [5, 5.41) is 0. The number of rotatable bonds is 6. The Bertz CT molecular complexity index is 147. The highest BCUT2D eigenvalue weighted by Gasteiger charge is 2.29. The SMILES string of the molecule is CCN(CCC(C)CN)CC(F)(F)F. The molecular formula is C9H19F3N2. The third-order valence-electron chi connectivity index (χ3n) is 2.19. The van der Waals surface area contributed by atoms with Crippen LogP contribution in [0.15, 0.2) is 0 Å². The molecule has 1 atom stereocenters. The van der Waals surface area contributed by atoms with Gasteiger partial charge in [0, 0.05) is 0 Å². The highest BCUT2D eigenvalue weighted by molar-refractivity contribution is 4.64. The molecule has 0 aromatic rings. The lowest BCUT2D eigenvalue weighted by Gasteiger charge is -2.23. The first kappa shape index (κ1) is 13.7. The molecule has 14 heavy (non-hydrogen) atoms. The molecule has 0 saturated heterocycles. The van der Waals surface area contributed by atoms with Crippen LogP contribution in [0.4, 0.5) is 13.2 Å². The smallest absolute Gasteiger partial charge is 0.330 e. The first-order valence-corrected chi connectivity index (χ1v) is 4.88. The van der Waals surface area contributed by atoms with E-state index in [4.69, 9.17) is 5.73 Å². The van der Waals surface area contributed by atoms with E-state index >= 15 is 0 Å². The van der Waals surface area contributed by atoms with Crippen molar-refractivity contribution in [3.63, 3.8) is 0 Å². The fraction of sp³-hybridized carbons (Fsp3) is 1.00. The van der Waals surface area contributed by atoms with Crippen molar-refractivity contribution in [2.75, 3.05) is 26.2 Å². The van der Waals surface area contributed by atoms with Gasteiger partial charge in [-0.3, -0.25) is 4.90 Å². The Morgan fingerprint density at radius 2 is 1.93 bits per heavy atom. The van der Waals surface area contributed by atoms with Gasteiger partial charge in [-0.15, -0.1) is 0 Å². The molecule has 0 bridgehead atoms. The molecule has 0 radical (unpaired) electrons. The van der Waals surface area contributed by atoms with Gasteiger partial charge < -0.3 is 5.73 Å². The lowest BCUT2D eigenvalue weighted by Crippen LogP contribution is -2.35. The Labute approximate surface area is 83.3 Å². The van der Waals surface area contributed by atoms with Crippen LogP contribution in [0.25, 0.3) is 0 Å². The molecule has 0 aromatic heterocycles. The predicted octanol–water partition coefficient (Wildman–Crippen LogP) is 1.86. The van der Waals surface area contributed by atoms with E-state index in [0.717, 1.165) is 6.42 Å². The highest BCUT2D eigenvalue weighted by Crippen LogP contribution is 2.16. The van der Waals surface area contributed by atoms with Crippen LogP contribution in [-0.4, -0.2) is 37.3 Å². The Hall–Kier alpha value is -0.290. The number of nitrogens with two attached hydrogens (primary N) is 1. The summed E-state index contributed by atoms with van der Waals surface area (Å²) in [6.45, 7) is 4.29. The maximum absolute atomic E-state index is 12.0. The summed E-state index contributed by atoms with van der Waals surface area (Å²) in [5.41, 5.74) is 5.39. The van der Waals surface area contributed by atoms with Gasteiger partial charge in [0.15, 0.2) is 0 Å². The van der Waals surface area contributed by atoms with Gasteiger partial charge >= 0.3 is 6.18 Å². The van der Waals surface area contributed by atoms with Crippen LogP contribution in [0.2, 0.25) is 0 Å². The third kappa shape index (κ3) is 7.15. The van der Waals surface area contributed by atoms with Gasteiger partial charge in [0.1, 0.15) is 0 Å². The second kappa shape index (κ2) is 6.24. The number of hydrogen-bond donors (Lipinski definition) is 1. The normalized spacial score (nSPS) is 14.8. The predicted molar refractivity (Wildman–Crippen MR) is 51.0 cm³/mol. The first-order chi connectivity index (χ1) is 6.39. The molecule has 5 heteroatoms. The summed E-state index contributed by atoms with van der Waals surface area (Å²) in [7, 11) is 0. The molecule has 86 valence electrons. The van der Waals surface area contributed by atoms with Gasteiger partial charge in [-0.25, -0.2) is 0 Å². The second-order valence-corrected chi connectivity index (χ2v) is 3.61. The molecule has 0 rings (SSSR count). The molecule has 2 N–H and O–H groups in total. The van der Waals surface area contributed by atoms with Gasteiger partial charge in [0.05, 0.1) is 6.54 Å². The third-order valence-corrected chi connectivity index (χ3v) is 2.19. The molecule has 0 heterocycles. The largest absolute Gasteiger partial charge is 0.401 e. The van der Waals surface area contributed by atoms with Crippen LogP contribution in [0.5, 0.6) is 0 Å². The van der Waals surface area contributed by atoms with Crippen molar-refractivity contribution in [2.45, 2.75) is 26.4 Å². The molecule has 0 amide bonds. The van der Waals surface area contributed by atoms with Crippen molar-refractivity contribution in [1.29, 1.82) is 0 Å². The van der Waals surface area contributed by atoms with E-state index < -0.39 is 12.7 Å². The molecule has 0 fully saturated rings. The minimum Gasteiger partial charge on any atom is -0.330 e. The Balaban J connectivity index is 3.80. The monoisotopic (exact) mass is 212 g/mol. The summed E-state index contributed by atoms with van der Waals surface area (Å²) in [6.07, 6.45) is -3.37. The summed E-state index contributed by atoms with van der Waals surface area (Å²) >= 11 is 0. The quantitative estimate of drug-likeness (QED) is 0.728. The molecule has 0 aliphatic carbocycles. The van der Waals surface area contributed by atoms with Crippen molar-refractivity contribution in [3.05, 3.63) is 0 Å². The average Bonchev–Trinajstić information content (AvgIpc) is 2.09. The lowest BCUT2D eigenvalue weighted by atomic mass is 10.1. The van der Waals surface area contributed by atoms with Gasteiger partial charge in [0.2, 0.25) is 0 Å². The fourth-order valence-corrected chi connectivity index (χ4v) is 1.12. The maximum Gasteiger partial charge on any atom is 0.401 e. The van der Waals surface area contributed by atoms with Crippen molar-refractivity contribution < 1.29 is 13.2 Å². The van der Waals surface area contributed by atoms with E-state index in [0.29, 0.717) is 19.6 Å². The molecule has 0 saturated carbocycles. The Morgan fingerprint density at radius 3 is 2.29 bits per heavy atom. The van der Waals surface area contributed by atoms with Crippen molar-refractivity contribution in [1.82, 2.24) is 4.90 Å². The molecule has 0 aromatic carbocycles. The van der Waals surface area contributed by atoms with E-state index in [1.807, 2.05) is 6.92 Å². The lowest BCUT2D eigenvalue weighted by molar-refractivity contribution is -0.145. The van der Waals surface area contributed by atoms with Gasteiger partial charge in [0.25, 0.3) is 0 Å². The second-order valence-electron chi connectivity index (χ2n) is 3.61. The topological polar surface area (TPSA) is 29.3 Å². The van der Waals surface area contributed by atoms with E-state index in [1.165, 1.54) is 4.90 Å². The van der Waals surface area contributed by atoms with Gasteiger partial charge in [-0.1, -0.05) is 13.8 Å². The van der Waals surface area contributed by atoms with Crippen molar-refractivity contribution >= 4 is 0 Å². The van der Waals surface area contributed by atoms with E-state index in [1.54, 1.807) is 6.92 Å². The van der Waals surface area contributed by atoms with E-state index in [-0.39, 0.29) is 5.92 Å². The Morgan fingerprint density at radius 1 is 1.36 bits per heavy atom. The molecule has 1 unspecified atom stereocenters. The molecular weight excluding hydrogens is 193 g/mol. The first-order valence-electron chi connectivity index (χ1n) is 4.88. The minimum absolute atomic E-state index is 0.289. The number of nitrogens with zero attached hydrogens (tertiary/aromatic N) is 1. The highest BCUT2D eigenvalue weighted by atomic mass is 19.4. The summed E-state index contributed by atoms with van der Waals surface area (Å²) < 4.78 is 36.1. The molecule has 0 aliphatic heterocycles. The summed E-state index contributed by atoms with van der Waals surface area (Å²) in [6, 6.07) is 0. The summed E-state index contributed by atoms with van der Waals surface area (Å²) in [5.74, 6) is 0.289. The average molecular weight is 212 g/mol. The van der Waals surface area contributed by atoms with E-state index in [9.17, 15) is 13.2 Å².